The van der Waals surface area contributed by atoms with Gasteiger partial charge in [0.2, 0.25) is 5.91 Å². The second-order valence-corrected chi connectivity index (χ2v) is 6.39. The van der Waals surface area contributed by atoms with Crippen LogP contribution in [0.3, 0.4) is 0 Å². The highest BCUT2D eigenvalue weighted by Gasteiger charge is 2.37. The number of carbonyl (C=O) groups is 1. The summed E-state index contributed by atoms with van der Waals surface area (Å²) >= 11 is 0. The second-order valence-electron chi connectivity index (χ2n) is 6.39. The standard InChI is InChI=1S/C15H24N4O/c1-12-9-13(2)19(17-12)10-14(20)18-7-4-15(5-8-18)3-6-16-11-15/h9,16H,3-8,10-11H2,1-2H3. The molecule has 2 fully saturated rings. The van der Waals surface area contributed by atoms with E-state index in [2.05, 4.69) is 10.4 Å². The summed E-state index contributed by atoms with van der Waals surface area (Å²) in [6, 6.07) is 2.02. The minimum atomic E-state index is 0.206. The van der Waals surface area contributed by atoms with E-state index in [4.69, 9.17) is 0 Å². The summed E-state index contributed by atoms with van der Waals surface area (Å²) in [7, 11) is 0. The predicted molar refractivity (Wildman–Crippen MR) is 77.4 cm³/mol. The average Bonchev–Trinajstić information content (AvgIpc) is 2.98. The lowest BCUT2D eigenvalue weighted by Gasteiger charge is -2.38. The fourth-order valence-corrected chi connectivity index (χ4v) is 3.52. The number of rotatable bonds is 2. The van der Waals surface area contributed by atoms with Gasteiger partial charge in [-0.15, -0.1) is 0 Å². The molecule has 2 aliphatic heterocycles. The summed E-state index contributed by atoms with van der Waals surface area (Å²) in [5.41, 5.74) is 2.50. The van der Waals surface area contributed by atoms with E-state index in [0.717, 1.165) is 50.4 Å². The lowest BCUT2D eigenvalue weighted by molar-refractivity contribution is -0.134. The molecular weight excluding hydrogens is 252 g/mol. The van der Waals surface area contributed by atoms with Gasteiger partial charge in [-0.05, 0) is 51.1 Å². The van der Waals surface area contributed by atoms with Crippen LogP contribution in [0.15, 0.2) is 6.07 Å². The van der Waals surface area contributed by atoms with Crippen molar-refractivity contribution in [1.82, 2.24) is 20.0 Å². The maximum absolute atomic E-state index is 12.4. The summed E-state index contributed by atoms with van der Waals surface area (Å²) in [6.07, 6.45) is 3.55. The highest BCUT2D eigenvalue weighted by atomic mass is 16.2. The van der Waals surface area contributed by atoms with Crippen molar-refractivity contribution in [3.8, 4) is 0 Å². The van der Waals surface area contributed by atoms with Crippen LogP contribution in [0.2, 0.25) is 0 Å². The van der Waals surface area contributed by atoms with Gasteiger partial charge in [0, 0.05) is 25.3 Å². The molecular formula is C15H24N4O. The summed E-state index contributed by atoms with van der Waals surface area (Å²) in [5.74, 6) is 0.206. The van der Waals surface area contributed by atoms with E-state index in [-0.39, 0.29) is 5.91 Å². The number of likely N-dealkylation sites (tertiary alicyclic amines) is 1. The van der Waals surface area contributed by atoms with Crippen LogP contribution in [0.4, 0.5) is 0 Å². The Morgan fingerprint density at radius 2 is 2.10 bits per heavy atom. The molecule has 0 saturated carbocycles. The molecule has 1 aromatic heterocycles. The van der Waals surface area contributed by atoms with E-state index in [9.17, 15) is 4.79 Å². The Bertz CT molecular complexity index is 492. The zero-order valence-electron chi connectivity index (χ0n) is 12.5. The van der Waals surface area contributed by atoms with Gasteiger partial charge in [0.15, 0.2) is 0 Å². The Hall–Kier alpha value is -1.36. The van der Waals surface area contributed by atoms with Crippen molar-refractivity contribution in [3.63, 3.8) is 0 Å². The maximum Gasteiger partial charge on any atom is 0.244 e. The third-order valence-corrected chi connectivity index (χ3v) is 4.90. The zero-order chi connectivity index (χ0) is 14.2. The number of hydrogen-bond donors (Lipinski definition) is 1. The molecule has 3 heterocycles. The molecule has 1 spiro atoms. The van der Waals surface area contributed by atoms with Crippen LogP contribution in [0.5, 0.6) is 0 Å². The topological polar surface area (TPSA) is 50.2 Å². The van der Waals surface area contributed by atoms with E-state index >= 15 is 0 Å². The average molecular weight is 276 g/mol. The van der Waals surface area contributed by atoms with Crippen molar-refractivity contribution in [2.45, 2.75) is 39.7 Å². The summed E-state index contributed by atoms with van der Waals surface area (Å²) in [5, 5.41) is 7.83. The molecule has 0 unspecified atom stereocenters. The quantitative estimate of drug-likeness (QED) is 0.880. The summed E-state index contributed by atoms with van der Waals surface area (Å²) in [6.45, 7) is 8.42. The largest absolute Gasteiger partial charge is 0.341 e. The van der Waals surface area contributed by atoms with Gasteiger partial charge in [0.1, 0.15) is 6.54 Å². The molecule has 0 aromatic carbocycles. The van der Waals surface area contributed by atoms with Gasteiger partial charge in [-0.25, -0.2) is 0 Å². The van der Waals surface area contributed by atoms with E-state index in [1.807, 2.05) is 29.5 Å². The number of carbonyl (C=O) groups excluding carboxylic acids is 1. The SMILES string of the molecule is Cc1cc(C)n(CC(=O)N2CCC3(CCNC3)CC2)n1. The van der Waals surface area contributed by atoms with Crippen molar-refractivity contribution in [1.29, 1.82) is 0 Å². The van der Waals surface area contributed by atoms with Crippen LogP contribution >= 0.6 is 0 Å². The first-order valence-corrected chi connectivity index (χ1v) is 7.58. The molecule has 3 rings (SSSR count). The molecule has 1 N–H and O–H groups in total. The smallest absolute Gasteiger partial charge is 0.244 e. The lowest BCUT2D eigenvalue weighted by atomic mass is 9.78. The van der Waals surface area contributed by atoms with Crippen molar-refractivity contribution < 1.29 is 4.79 Å². The highest BCUT2D eigenvalue weighted by Crippen LogP contribution is 2.36. The van der Waals surface area contributed by atoms with E-state index in [0.29, 0.717) is 12.0 Å². The molecule has 2 aliphatic rings. The van der Waals surface area contributed by atoms with Gasteiger partial charge >= 0.3 is 0 Å². The first kappa shape index (κ1) is 13.6. The molecule has 5 heteroatoms. The third-order valence-electron chi connectivity index (χ3n) is 4.90. The van der Waals surface area contributed by atoms with E-state index < -0.39 is 0 Å². The molecule has 110 valence electrons. The van der Waals surface area contributed by atoms with E-state index in [1.165, 1.54) is 6.42 Å². The number of amides is 1. The fourth-order valence-electron chi connectivity index (χ4n) is 3.52. The number of aromatic nitrogens is 2. The van der Waals surface area contributed by atoms with Crippen LogP contribution < -0.4 is 5.32 Å². The molecule has 0 aliphatic carbocycles. The Kier molecular flexibility index (Phi) is 3.54. The highest BCUT2D eigenvalue weighted by molar-refractivity contribution is 5.76. The van der Waals surface area contributed by atoms with Crippen molar-refractivity contribution >= 4 is 5.91 Å². The maximum atomic E-state index is 12.4. The Balaban J connectivity index is 1.58. The van der Waals surface area contributed by atoms with E-state index in [1.54, 1.807) is 0 Å². The molecule has 0 radical (unpaired) electrons. The predicted octanol–water partition coefficient (Wildman–Crippen LogP) is 1.10. The first-order chi connectivity index (χ1) is 9.58. The van der Waals surface area contributed by atoms with Gasteiger partial charge in [0.25, 0.3) is 0 Å². The Labute approximate surface area is 120 Å². The molecule has 2 saturated heterocycles. The fraction of sp³-hybridized carbons (Fsp3) is 0.733. The Morgan fingerprint density at radius 3 is 2.65 bits per heavy atom. The number of hydrogen-bond acceptors (Lipinski definition) is 3. The second kappa shape index (κ2) is 5.20. The number of piperidine rings is 1. The number of nitrogens with zero attached hydrogens (tertiary/aromatic N) is 3. The monoisotopic (exact) mass is 276 g/mol. The minimum Gasteiger partial charge on any atom is -0.341 e. The molecule has 20 heavy (non-hydrogen) atoms. The van der Waals surface area contributed by atoms with Crippen LogP contribution in [-0.4, -0.2) is 46.8 Å². The Morgan fingerprint density at radius 1 is 1.35 bits per heavy atom. The van der Waals surface area contributed by atoms with Gasteiger partial charge in [-0.1, -0.05) is 0 Å². The van der Waals surface area contributed by atoms with Crippen LogP contribution in [0.25, 0.3) is 0 Å². The zero-order valence-corrected chi connectivity index (χ0v) is 12.5. The van der Waals surface area contributed by atoms with Gasteiger partial charge in [-0.3, -0.25) is 9.48 Å². The third kappa shape index (κ3) is 2.59. The van der Waals surface area contributed by atoms with Crippen molar-refractivity contribution in [2.24, 2.45) is 5.41 Å². The molecule has 0 atom stereocenters. The minimum absolute atomic E-state index is 0.206. The van der Waals surface area contributed by atoms with Gasteiger partial charge in [-0.2, -0.15) is 5.10 Å². The summed E-state index contributed by atoms with van der Waals surface area (Å²) < 4.78 is 1.82. The van der Waals surface area contributed by atoms with Gasteiger partial charge < -0.3 is 10.2 Å². The summed E-state index contributed by atoms with van der Waals surface area (Å²) in [4.78, 5) is 14.4. The first-order valence-electron chi connectivity index (χ1n) is 7.58. The van der Waals surface area contributed by atoms with Crippen LogP contribution in [0.1, 0.15) is 30.7 Å². The molecule has 5 nitrogen and oxygen atoms in total. The van der Waals surface area contributed by atoms with Crippen molar-refractivity contribution in [2.75, 3.05) is 26.2 Å². The number of aryl methyl sites for hydroxylation is 2. The van der Waals surface area contributed by atoms with Gasteiger partial charge in [0.05, 0.1) is 5.69 Å². The van der Waals surface area contributed by atoms with Crippen molar-refractivity contribution in [3.05, 3.63) is 17.5 Å². The molecule has 1 aromatic rings. The number of nitrogens with one attached hydrogen (secondary N) is 1. The van der Waals surface area contributed by atoms with Crippen LogP contribution in [-0.2, 0) is 11.3 Å². The molecule has 0 bridgehead atoms. The molecule has 1 amide bonds. The van der Waals surface area contributed by atoms with Crippen LogP contribution in [0, 0.1) is 19.3 Å². The normalized spacial score (nSPS) is 21.6. The lowest BCUT2D eigenvalue weighted by Crippen LogP contribution is -2.45.